The summed E-state index contributed by atoms with van der Waals surface area (Å²) in [4.78, 5) is 12.6. The Hall–Kier alpha value is -1.00. The van der Waals surface area contributed by atoms with Crippen LogP contribution < -0.4 is 5.32 Å². The van der Waals surface area contributed by atoms with Crippen LogP contribution in [-0.2, 0) is 19.5 Å². The van der Waals surface area contributed by atoms with E-state index in [9.17, 15) is 0 Å². The topological polar surface area (TPSA) is 41.1 Å². The van der Waals surface area contributed by atoms with E-state index in [2.05, 4.69) is 24.2 Å². The molecule has 114 valence electrons. The monoisotopic (exact) mass is 286 g/mol. The van der Waals surface area contributed by atoms with Crippen LogP contribution in [0, 0.1) is 0 Å². The van der Waals surface area contributed by atoms with Gasteiger partial charge in [0.25, 0.3) is 0 Å². The number of aryl methyl sites for hydroxylation is 1. The van der Waals surface area contributed by atoms with Gasteiger partial charge in [-0.05, 0) is 39.2 Å². The van der Waals surface area contributed by atoms with E-state index in [1.807, 2.05) is 0 Å². The van der Waals surface area contributed by atoms with Crippen molar-refractivity contribution in [2.75, 3.05) is 7.05 Å². The number of hydrogen-bond donors (Lipinski definition) is 1. The molecule has 4 rings (SSSR count). The lowest BCUT2D eigenvalue weighted by atomic mass is 9.90. The molecule has 2 bridgehead atoms. The lowest BCUT2D eigenvalue weighted by Gasteiger charge is -2.35. The van der Waals surface area contributed by atoms with Crippen molar-refractivity contribution in [1.82, 2.24) is 20.2 Å². The first-order valence-corrected chi connectivity index (χ1v) is 8.57. The Morgan fingerprint density at radius 3 is 2.62 bits per heavy atom. The standard InChI is InChI=1S/C17H26N4/c1-3-4-15-14-9-18-10-16(14)20-17(19-15)11-7-12-5-6-13(8-11)21(12)2/h11-13,18H,3-10H2,1-2H3. The van der Waals surface area contributed by atoms with Gasteiger partial charge in [-0.1, -0.05) is 13.3 Å². The minimum atomic E-state index is 0.584. The molecule has 0 saturated carbocycles. The van der Waals surface area contributed by atoms with E-state index in [0.717, 1.165) is 37.4 Å². The van der Waals surface area contributed by atoms with Crippen molar-refractivity contribution in [3.05, 3.63) is 22.8 Å². The summed E-state index contributed by atoms with van der Waals surface area (Å²) < 4.78 is 0. The molecule has 2 unspecified atom stereocenters. The molecule has 0 amide bonds. The molecule has 0 spiro atoms. The molecule has 3 aliphatic rings. The van der Waals surface area contributed by atoms with Crippen LogP contribution in [0.3, 0.4) is 0 Å². The SMILES string of the molecule is CCCc1nc(C2CC3CCC(C2)N3C)nc2c1CNC2. The van der Waals surface area contributed by atoms with Crippen LogP contribution in [0.25, 0.3) is 0 Å². The minimum absolute atomic E-state index is 0.584. The third-order valence-electron chi connectivity index (χ3n) is 5.74. The predicted octanol–water partition coefficient (Wildman–Crippen LogP) is 2.37. The lowest BCUT2D eigenvalue weighted by Crippen LogP contribution is -2.39. The van der Waals surface area contributed by atoms with Gasteiger partial charge in [0, 0.05) is 42.3 Å². The number of rotatable bonds is 3. The van der Waals surface area contributed by atoms with E-state index in [4.69, 9.17) is 9.97 Å². The Balaban J connectivity index is 1.65. The summed E-state index contributed by atoms with van der Waals surface area (Å²) in [5, 5.41) is 3.44. The average Bonchev–Trinajstić information content (AvgIpc) is 3.01. The van der Waals surface area contributed by atoms with Crippen LogP contribution in [0.4, 0.5) is 0 Å². The third kappa shape index (κ3) is 2.29. The van der Waals surface area contributed by atoms with Gasteiger partial charge >= 0.3 is 0 Å². The summed E-state index contributed by atoms with van der Waals surface area (Å²) in [5.41, 5.74) is 3.97. The van der Waals surface area contributed by atoms with Gasteiger partial charge in [-0.15, -0.1) is 0 Å². The second-order valence-electron chi connectivity index (χ2n) is 7.03. The number of nitrogens with zero attached hydrogens (tertiary/aromatic N) is 3. The molecule has 0 aromatic carbocycles. The Morgan fingerprint density at radius 1 is 1.14 bits per heavy atom. The van der Waals surface area contributed by atoms with Crippen molar-refractivity contribution in [2.45, 2.75) is 76.5 Å². The van der Waals surface area contributed by atoms with E-state index in [-0.39, 0.29) is 0 Å². The molecule has 2 atom stereocenters. The van der Waals surface area contributed by atoms with E-state index in [1.165, 1.54) is 49.1 Å². The molecule has 4 heterocycles. The van der Waals surface area contributed by atoms with Crippen LogP contribution in [0.2, 0.25) is 0 Å². The Kier molecular flexibility index (Phi) is 3.46. The van der Waals surface area contributed by atoms with Crippen molar-refractivity contribution in [2.24, 2.45) is 0 Å². The smallest absolute Gasteiger partial charge is 0.132 e. The fraction of sp³-hybridized carbons (Fsp3) is 0.765. The van der Waals surface area contributed by atoms with Gasteiger partial charge in [-0.3, -0.25) is 0 Å². The van der Waals surface area contributed by atoms with Gasteiger partial charge in [0.2, 0.25) is 0 Å². The number of fused-ring (bicyclic) bond motifs is 3. The zero-order valence-corrected chi connectivity index (χ0v) is 13.2. The van der Waals surface area contributed by atoms with Crippen LogP contribution >= 0.6 is 0 Å². The zero-order chi connectivity index (χ0) is 14.4. The Labute approximate surface area is 127 Å². The number of piperidine rings is 1. The molecule has 4 nitrogen and oxygen atoms in total. The third-order valence-corrected chi connectivity index (χ3v) is 5.74. The molecular weight excluding hydrogens is 260 g/mol. The first-order chi connectivity index (χ1) is 10.3. The van der Waals surface area contributed by atoms with Gasteiger partial charge in [0.15, 0.2) is 0 Å². The summed E-state index contributed by atoms with van der Waals surface area (Å²) in [6, 6.07) is 1.52. The molecule has 21 heavy (non-hydrogen) atoms. The minimum Gasteiger partial charge on any atom is -0.307 e. The molecule has 1 aromatic heterocycles. The van der Waals surface area contributed by atoms with Gasteiger partial charge in [-0.2, -0.15) is 0 Å². The normalized spacial score (nSPS) is 31.6. The van der Waals surface area contributed by atoms with Crippen molar-refractivity contribution in [3.8, 4) is 0 Å². The summed E-state index contributed by atoms with van der Waals surface area (Å²) in [7, 11) is 2.30. The maximum absolute atomic E-state index is 5.01. The molecular formula is C17H26N4. The molecule has 0 aliphatic carbocycles. The van der Waals surface area contributed by atoms with Crippen molar-refractivity contribution < 1.29 is 0 Å². The zero-order valence-electron chi connectivity index (χ0n) is 13.2. The predicted molar refractivity (Wildman–Crippen MR) is 83.1 cm³/mol. The summed E-state index contributed by atoms with van der Waals surface area (Å²) in [5.74, 6) is 1.73. The fourth-order valence-electron chi connectivity index (χ4n) is 4.51. The van der Waals surface area contributed by atoms with Gasteiger partial charge in [0.1, 0.15) is 5.82 Å². The first-order valence-electron chi connectivity index (χ1n) is 8.57. The van der Waals surface area contributed by atoms with Crippen LogP contribution in [-0.4, -0.2) is 34.0 Å². The molecule has 3 aliphatic heterocycles. The molecule has 1 N–H and O–H groups in total. The van der Waals surface area contributed by atoms with Gasteiger partial charge < -0.3 is 10.2 Å². The van der Waals surface area contributed by atoms with Crippen LogP contribution in [0.5, 0.6) is 0 Å². The highest BCUT2D eigenvalue weighted by molar-refractivity contribution is 5.30. The first kappa shape index (κ1) is 13.6. The molecule has 2 saturated heterocycles. The fourth-order valence-corrected chi connectivity index (χ4v) is 4.51. The summed E-state index contributed by atoms with van der Waals surface area (Å²) in [6.45, 7) is 4.14. The summed E-state index contributed by atoms with van der Waals surface area (Å²) in [6.07, 6.45) is 7.51. The molecule has 2 fully saturated rings. The van der Waals surface area contributed by atoms with Gasteiger partial charge in [-0.25, -0.2) is 9.97 Å². The van der Waals surface area contributed by atoms with Crippen molar-refractivity contribution in [3.63, 3.8) is 0 Å². The average molecular weight is 286 g/mol. The quantitative estimate of drug-likeness (QED) is 0.926. The van der Waals surface area contributed by atoms with Crippen molar-refractivity contribution in [1.29, 1.82) is 0 Å². The molecule has 0 radical (unpaired) electrons. The maximum Gasteiger partial charge on any atom is 0.132 e. The number of nitrogens with one attached hydrogen (secondary N) is 1. The second kappa shape index (κ2) is 5.33. The number of hydrogen-bond acceptors (Lipinski definition) is 4. The highest BCUT2D eigenvalue weighted by Crippen LogP contribution is 2.41. The Morgan fingerprint density at radius 2 is 1.90 bits per heavy atom. The highest BCUT2D eigenvalue weighted by atomic mass is 15.2. The van der Waals surface area contributed by atoms with E-state index in [1.54, 1.807) is 0 Å². The number of aromatic nitrogens is 2. The lowest BCUT2D eigenvalue weighted by molar-refractivity contribution is 0.158. The second-order valence-corrected chi connectivity index (χ2v) is 7.03. The molecule has 4 heteroatoms. The van der Waals surface area contributed by atoms with E-state index >= 15 is 0 Å². The van der Waals surface area contributed by atoms with E-state index in [0.29, 0.717) is 5.92 Å². The largest absolute Gasteiger partial charge is 0.307 e. The summed E-state index contributed by atoms with van der Waals surface area (Å²) >= 11 is 0. The maximum atomic E-state index is 5.01. The highest BCUT2D eigenvalue weighted by Gasteiger charge is 2.40. The van der Waals surface area contributed by atoms with Crippen LogP contribution in [0.1, 0.15) is 67.7 Å². The van der Waals surface area contributed by atoms with E-state index < -0.39 is 0 Å². The van der Waals surface area contributed by atoms with Crippen molar-refractivity contribution >= 4 is 0 Å². The molecule has 1 aromatic rings. The van der Waals surface area contributed by atoms with Crippen LogP contribution in [0.15, 0.2) is 0 Å². The van der Waals surface area contributed by atoms with Gasteiger partial charge in [0.05, 0.1) is 5.69 Å². The Bertz CT molecular complexity index is 528.